The summed E-state index contributed by atoms with van der Waals surface area (Å²) in [5.41, 5.74) is 1.58. The van der Waals surface area contributed by atoms with E-state index in [1.54, 1.807) is 36.4 Å². The lowest BCUT2D eigenvalue weighted by molar-refractivity contribution is -0.137. The fraction of sp³-hybridized carbons (Fsp3) is 0.308. The number of rotatable bonds is 4. The maximum absolute atomic E-state index is 13.5. The Bertz CT molecular complexity index is 1230. The number of nitriles is 1. The number of amides is 1. The molecule has 0 aromatic heterocycles. The molecule has 1 amide bonds. The molecule has 2 N–H and O–H groups in total. The second kappa shape index (κ2) is 9.14. The summed E-state index contributed by atoms with van der Waals surface area (Å²) in [6.07, 6.45) is -1.38. The van der Waals surface area contributed by atoms with Gasteiger partial charge in [0.1, 0.15) is 0 Å². The van der Waals surface area contributed by atoms with Gasteiger partial charge in [0.2, 0.25) is 0 Å². The van der Waals surface area contributed by atoms with Crippen LogP contribution in [-0.4, -0.2) is 18.0 Å². The van der Waals surface area contributed by atoms with E-state index < -0.39 is 11.7 Å². The molecule has 4 rings (SSSR count). The monoisotopic (exact) mass is 451 g/mol. The van der Waals surface area contributed by atoms with Crippen LogP contribution in [0.25, 0.3) is 10.8 Å². The number of halogens is 3. The Labute approximate surface area is 190 Å². The molecule has 1 aliphatic rings. The predicted molar refractivity (Wildman–Crippen MR) is 122 cm³/mol. The van der Waals surface area contributed by atoms with Crippen LogP contribution in [0.15, 0.2) is 54.6 Å². The topological polar surface area (TPSA) is 64.9 Å². The third kappa shape index (κ3) is 5.28. The van der Waals surface area contributed by atoms with Crippen LogP contribution in [0.4, 0.5) is 18.9 Å². The van der Waals surface area contributed by atoms with Crippen molar-refractivity contribution in [3.8, 4) is 6.07 Å². The summed E-state index contributed by atoms with van der Waals surface area (Å²) in [5, 5.41) is 16.7. The second-order valence-corrected chi connectivity index (χ2v) is 8.62. The van der Waals surface area contributed by atoms with Crippen LogP contribution < -0.4 is 10.6 Å². The number of hydrogen-bond donors (Lipinski definition) is 2. The van der Waals surface area contributed by atoms with Crippen molar-refractivity contribution in [2.24, 2.45) is 0 Å². The van der Waals surface area contributed by atoms with Gasteiger partial charge in [0, 0.05) is 28.7 Å². The van der Waals surface area contributed by atoms with Crippen molar-refractivity contribution in [1.29, 1.82) is 5.26 Å². The standard InChI is InChI=1S/C26H24F3N3O/c1-16-8-9-18-12-20(26(27,28)29)13-24(23(18)10-16)31-21-6-3-7-22(14-21)32-25(33)19-5-2-4-17(11-19)15-30/h2,4-5,8-13,21-22,31H,3,6-7,14H2,1H3,(H,32,33)/t21-,22+/m0/s1. The van der Waals surface area contributed by atoms with Crippen molar-refractivity contribution in [3.63, 3.8) is 0 Å². The van der Waals surface area contributed by atoms with E-state index in [1.807, 2.05) is 19.1 Å². The number of anilines is 1. The molecule has 0 bridgehead atoms. The molecule has 1 fully saturated rings. The maximum atomic E-state index is 13.5. The summed E-state index contributed by atoms with van der Waals surface area (Å²) in [6.45, 7) is 1.91. The van der Waals surface area contributed by atoms with Gasteiger partial charge in [-0.15, -0.1) is 0 Å². The molecular weight excluding hydrogens is 427 g/mol. The molecule has 0 radical (unpaired) electrons. The van der Waals surface area contributed by atoms with Gasteiger partial charge in [0.05, 0.1) is 17.2 Å². The third-order valence-electron chi connectivity index (χ3n) is 6.06. The largest absolute Gasteiger partial charge is 0.416 e. The first-order chi connectivity index (χ1) is 15.7. The van der Waals surface area contributed by atoms with Crippen LogP contribution in [0.3, 0.4) is 0 Å². The van der Waals surface area contributed by atoms with Crippen LogP contribution >= 0.6 is 0 Å². The Kier molecular flexibility index (Phi) is 6.28. The summed E-state index contributed by atoms with van der Waals surface area (Å²) in [5.74, 6) is -0.252. The lowest BCUT2D eigenvalue weighted by Gasteiger charge is -2.31. The van der Waals surface area contributed by atoms with Crippen molar-refractivity contribution in [2.45, 2.75) is 50.9 Å². The van der Waals surface area contributed by atoms with Gasteiger partial charge in [-0.1, -0.05) is 23.8 Å². The van der Waals surface area contributed by atoms with Crippen LogP contribution in [0, 0.1) is 18.3 Å². The van der Waals surface area contributed by atoms with E-state index in [9.17, 15) is 18.0 Å². The van der Waals surface area contributed by atoms with Crippen LogP contribution in [0.1, 0.15) is 52.7 Å². The Hall–Kier alpha value is -3.53. The van der Waals surface area contributed by atoms with E-state index in [0.29, 0.717) is 28.6 Å². The molecule has 0 aliphatic heterocycles. The van der Waals surface area contributed by atoms with Gasteiger partial charge in [-0.05, 0) is 74.4 Å². The second-order valence-electron chi connectivity index (χ2n) is 8.62. The van der Waals surface area contributed by atoms with Crippen molar-refractivity contribution in [2.75, 3.05) is 5.32 Å². The van der Waals surface area contributed by atoms with Crippen molar-refractivity contribution >= 4 is 22.4 Å². The summed E-state index contributed by atoms with van der Waals surface area (Å²) in [6, 6.07) is 16.1. The smallest absolute Gasteiger partial charge is 0.382 e. The first-order valence-electron chi connectivity index (χ1n) is 10.9. The molecule has 7 heteroatoms. The molecule has 0 spiro atoms. The highest BCUT2D eigenvalue weighted by atomic mass is 19.4. The maximum Gasteiger partial charge on any atom is 0.416 e. The van der Waals surface area contributed by atoms with E-state index in [-0.39, 0.29) is 18.0 Å². The van der Waals surface area contributed by atoms with Crippen LogP contribution in [0.5, 0.6) is 0 Å². The quantitative estimate of drug-likeness (QED) is 0.497. The first-order valence-corrected chi connectivity index (χ1v) is 10.9. The van der Waals surface area contributed by atoms with Gasteiger partial charge in [0.25, 0.3) is 5.91 Å². The number of alkyl halides is 3. The number of carbonyl (C=O) groups excluding carboxylic acids is 1. The molecule has 0 unspecified atom stereocenters. The first kappa shape index (κ1) is 22.7. The van der Waals surface area contributed by atoms with Crippen LogP contribution in [-0.2, 0) is 6.18 Å². The molecule has 3 aromatic rings. The number of benzene rings is 3. The SMILES string of the molecule is Cc1ccc2cc(C(F)(F)F)cc(N[C@H]3CCC[C@@H](NC(=O)c4cccc(C#N)c4)C3)c2c1. The number of nitrogens with one attached hydrogen (secondary N) is 2. The average Bonchev–Trinajstić information content (AvgIpc) is 2.79. The molecule has 1 aliphatic carbocycles. The third-order valence-corrected chi connectivity index (χ3v) is 6.06. The summed E-state index contributed by atoms with van der Waals surface area (Å²) in [4.78, 5) is 12.6. The van der Waals surface area contributed by atoms with Gasteiger partial charge >= 0.3 is 6.18 Å². The number of carbonyl (C=O) groups is 1. The Morgan fingerprint density at radius 1 is 1.06 bits per heavy atom. The molecule has 3 aromatic carbocycles. The zero-order valence-electron chi connectivity index (χ0n) is 18.2. The molecule has 2 atom stereocenters. The normalized spacial score (nSPS) is 18.5. The number of hydrogen-bond acceptors (Lipinski definition) is 3. The number of aryl methyl sites for hydroxylation is 1. The van der Waals surface area contributed by atoms with E-state index in [2.05, 4.69) is 10.6 Å². The van der Waals surface area contributed by atoms with Gasteiger partial charge in [0.15, 0.2) is 0 Å². The number of nitrogens with zero attached hydrogens (tertiary/aromatic N) is 1. The molecular formula is C26H24F3N3O. The van der Waals surface area contributed by atoms with Gasteiger partial charge in [-0.25, -0.2) is 0 Å². The minimum atomic E-state index is -4.43. The highest BCUT2D eigenvalue weighted by Gasteiger charge is 2.32. The van der Waals surface area contributed by atoms with E-state index in [1.165, 1.54) is 12.1 Å². The zero-order chi connectivity index (χ0) is 23.6. The minimum Gasteiger partial charge on any atom is -0.382 e. The van der Waals surface area contributed by atoms with Crippen molar-refractivity contribution in [3.05, 3.63) is 76.9 Å². The molecule has 4 nitrogen and oxygen atoms in total. The molecule has 33 heavy (non-hydrogen) atoms. The van der Waals surface area contributed by atoms with Gasteiger partial charge in [-0.3, -0.25) is 4.79 Å². The summed E-state index contributed by atoms with van der Waals surface area (Å²) < 4.78 is 40.4. The molecule has 1 saturated carbocycles. The van der Waals surface area contributed by atoms with Crippen molar-refractivity contribution < 1.29 is 18.0 Å². The number of fused-ring (bicyclic) bond motifs is 1. The highest BCUT2D eigenvalue weighted by molar-refractivity contribution is 5.96. The highest BCUT2D eigenvalue weighted by Crippen LogP contribution is 2.36. The van der Waals surface area contributed by atoms with E-state index in [4.69, 9.17) is 5.26 Å². The molecule has 0 heterocycles. The summed E-state index contributed by atoms with van der Waals surface area (Å²) >= 11 is 0. The lowest BCUT2D eigenvalue weighted by atomic mass is 9.90. The van der Waals surface area contributed by atoms with Gasteiger partial charge < -0.3 is 10.6 Å². The fourth-order valence-electron chi connectivity index (χ4n) is 4.43. The lowest BCUT2D eigenvalue weighted by Crippen LogP contribution is -2.41. The molecule has 170 valence electrons. The molecule has 0 saturated heterocycles. The van der Waals surface area contributed by atoms with Gasteiger partial charge in [-0.2, -0.15) is 18.4 Å². The fourth-order valence-corrected chi connectivity index (χ4v) is 4.43. The Morgan fingerprint density at radius 3 is 2.61 bits per heavy atom. The average molecular weight is 451 g/mol. The Balaban J connectivity index is 1.53. The Morgan fingerprint density at radius 2 is 1.85 bits per heavy atom. The zero-order valence-corrected chi connectivity index (χ0v) is 18.2. The van der Waals surface area contributed by atoms with E-state index in [0.717, 1.165) is 30.2 Å². The van der Waals surface area contributed by atoms with E-state index >= 15 is 0 Å². The summed E-state index contributed by atoms with van der Waals surface area (Å²) in [7, 11) is 0. The van der Waals surface area contributed by atoms with Crippen molar-refractivity contribution in [1.82, 2.24) is 5.32 Å². The van der Waals surface area contributed by atoms with Crippen LogP contribution in [0.2, 0.25) is 0 Å². The predicted octanol–water partition coefficient (Wildman–Crippen LogP) is 6.19. The minimum absolute atomic E-state index is 0.0679.